The molecule has 2 aromatic rings. The number of carbonyl (C=O) groups excluding carboxylic acids is 1. The predicted molar refractivity (Wildman–Crippen MR) is 134 cm³/mol. The average Bonchev–Trinajstić information content (AvgIpc) is 3.04. The third kappa shape index (κ3) is 4.09. The highest BCUT2D eigenvalue weighted by atomic mass is 28.4. The molecule has 1 aromatic carbocycles. The molecule has 1 fully saturated rings. The Morgan fingerprint density at radius 3 is 2.42 bits per heavy atom. The normalized spacial score (nSPS) is 25.8. The van der Waals surface area contributed by atoms with Crippen LogP contribution >= 0.6 is 0 Å². The van der Waals surface area contributed by atoms with Crippen molar-refractivity contribution in [2.45, 2.75) is 84.0 Å². The summed E-state index contributed by atoms with van der Waals surface area (Å²) in [5.41, 5.74) is 1.85. The molecule has 3 rings (SSSR count). The van der Waals surface area contributed by atoms with Crippen molar-refractivity contribution in [3.05, 3.63) is 48.7 Å². The van der Waals surface area contributed by atoms with Gasteiger partial charge in [0.1, 0.15) is 5.78 Å². The molecule has 3 atom stereocenters. The molecule has 1 aliphatic carbocycles. The van der Waals surface area contributed by atoms with E-state index >= 15 is 0 Å². The number of aryl methyl sites for hydroxylation is 1. The van der Waals surface area contributed by atoms with E-state index in [9.17, 15) is 4.79 Å². The summed E-state index contributed by atoms with van der Waals surface area (Å²) < 4.78 is 9.11. The van der Waals surface area contributed by atoms with Gasteiger partial charge in [0.2, 0.25) is 0 Å². The van der Waals surface area contributed by atoms with E-state index in [4.69, 9.17) is 4.43 Å². The van der Waals surface area contributed by atoms with Crippen LogP contribution < -0.4 is 0 Å². The lowest BCUT2D eigenvalue weighted by Gasteiger charge is -2.50. The van der Waals surface area contributed by atoms with Crippen LogP contribution in [0.3, 0.4) is 0 Å². The van der Waals surface area contributed by atoms with Crippen LogP contribution in [0.15, 0.2) is 43.1 Å². The van der Waals surface area contributed by atoms with Gasteiger partial charge in [0.25, 0.3) is 0 Å². The molecule has 1 saturated carbocycles. The monoisotopic (exact) mass is 439 g/mol. The Balaban J connectivity index is 2.02. The Hall–Kier alpha value is -1.65. The summed E-state index contributed by atoms with van der Waals surface area (Å²) in [6, 6.07) is 8.64. The molecule has 1 aromatic heterocycles. The quantitative estimate of drug-likeness (QED) is 0.370. The zero-order valence-corrected chi connectivity index (χ0v) is 22.0. The lowest BCUT2D eigenvalue weighted by atomic mass is 9.60. The minimum Gasteiger partial charge on any atom is -0.413 e. The van der Waals surface area contributed by atoms with E-state index in [0.717, 1.165) is 6.42 Å². The summed E-state index contributed by atoms with van der Waals surface area (Å²) in [7, 11) is 0.0827. The summed E-state index contributed by atoms with van der Waals surface area (Å²) in [4.78, 5) is 13.5. The number of hydrogen-bond donors (Lipinski definition) is 0. The fourth-order valence-corrected chi connectivity index (χ4v) is 6.33. The van der Waals surface area contributed by atoms with E-state index in [-0.39, 0.29) is 27.9 Å². The van der Waals surface area contributed by atoms with Crippen LogP contribution in [-0.2, 0) is 21.7 Å². The number of nitrogens with zero attached hydrogens (tertiary/aromatic N) is 1. The van der Waals surface area contributed by atoms with Crippen molar-refractivity contribution in [1.29, 1.82) is 0 Å². The molecule has 170 valence electrons. The van der Waals surface area contributed by atoms with Crippen molar-refractivity contribution < 1.29 is 9.22 Å². The van der Waals surface area contributed by atoms with Crippen molar-refractivity contribution >= 4 is 25.0 Å². The first-order chi connectivity index (χ1) is 14.1. The van der Waals surface area contributed by atoms with Crippen molar-refractivity contribution in [2.24, 2.45) is 18.4 Å². The van der Waals surface area contributed by atoms with Crippen molar-refractivity contribution in [2.75, 3.05) is 0 Å². The maximum absolute atomic E-state index is 13.5. The number of carbonyl (C=O) groups is 1. The highest BCUT2D eigenvalue weighted by molar-refractivity contribution is 6.74. The van der Waals surface area contributed by atoms with Gasteiger partial charge < -0.3 is 8.99 Å². The highest BCUT2D eigenvalue weighted by Gasteiger charge is 2.51. The van der Waals surface area contributed by atoms with Crippen molar-refractivity contribution in [3.63, 3.8) is 0 Å². The minimum atomic E-state index is -1.99. The van der Waals surface area contributed by atoms with Crippen LogP contribution in [-0.4, -0.2) is 24.8 Å². The van der Waals surface area contributed by atoms with Crippen molar-refractivity contribution in [3.8, 4) is 0 Å². The first-order valence-corrected chi connectivity index (χ1v) is 14.4. The molecule has 31 heavy (non-hydrogen) atoms. The maximum Gasteiger partial charge on any atom is 0.192 e. The molecule has 1 unspecified atom stereocenters. The Bertz CT molecular complexity index is 994. The SMILES string of the molecule is C=C[C@]1(C)CC(=O)C(C(C)(C)c2cccc3c2ccn3C)C[C@H]1O[Si](C)(C)C(C)(C)C. The molecule has 0 saturated heterocycles. The Morgan fingerprint density at radius 2 is 1.84 bits per heavy atom. The van der Waals surface area contributed by atoms with E-state index in [1.807, 2.05) is 6.08 Å². The van der Waals surface area contributed by atoms with Gasteiger partial charge in [-0.1, -0.05) is 59.8 Å². The van der Waals surface area contributed by atoms with Gasteiger partial charge in [-0.05, 0) is 42.2 Å². The summed E-state index contributed by atoms with van der Waals surface area (Å²) in [5.74, 6) is 0.247. The number of ketones is 1. The van der Waals surface area contributed by atoms with Crippen LogP contribution in [0.5, 0.6) is 0 Å². The number of hydrogen-bond acceptors (Lipinski definition) is 2. The molecular formula is C27H41NO2Si. The second kappa shape index (κ2) is 7.74. The lowest BCUT2D eigenvalue weighted by Crippen LogP contribution is -2.54. The zero-order chi connectivity index (χ0) is 23.4. The maximum atomic E-state index is 13.5. The average molecular weight is 440 g/mol. The number of fused-ring (bicyclic) bond motifs is 1. The van der Waals surface area contributed by atoms with E-state index in [2.05, 4.69) is 103 Å². The molecule has 0 aliphatic heterocycles. The molecule has 0 amide bonds. The van der Waals surface area contributed by atoms with Crippen LogP contribution in [0.25, 0.3) is 10.9 Å². The van der Waals surface area contributed by atoms with E-state index < -0.39 is 8.32 Å². The van der Waals surface area contributed by atoms with E-state index in [1.165, 1.54) is 16.5 Å². The topological polar surface area (TPSA) is 31.2 Å². The van der Waals surface area contributed by atoms with Crippen molar-refractivity contribution in [1.82, 2.24) is 4.57 Å². The molecule has 3 nitrogen and oxygen atoms in total. The lowest BCUT2D eigenvalue weighted by molar-refractivity contribution is -0.134. The third-order valence-corrected chi connectivity index (χ3v) is 12.8. The van der Waals surface area contributed by atoms with E-state index in [1.54, 1.807) is 0 Å². The van der Waals surface area contributed by atoms with Gasteiger partial charge in [-0.2, -0.15) is 0 Å². The molecule has 0 bridgehead atoms. The standard InChI is InChI=1S/C27H41NO2Si/c1-11-27(7)18-23(29)21(17-24(27)30-31(9,10)25(2,3)4)26(5,6)20-13-12-14-22-19(20)15-16-28(22)8/h11-16,21,24H,1,17-18H2,2-10H3/t21?,24-,27-/m1/s1. The Kier molecular flexibility index (Phi) is 5.99. The Labute approximate surface area is 190 Å². The fraction of sp³-hybridized carbons (Fsp3) is 0.593. The van der Waals surface area contributed by atoms with Gasteiger partial charge in [-0.15, -0.1) is 6.58 Å². The minimum absolute atomic E-state index is 0.00263. The number of Topliss-reactive ketones (excluding diaryl/α,β-unsaturated/α-hetero) is 1. The highest BCUT2D eigenvalue weighted by Crippen LogP contribution is 2.50. The van der Waals surface area contributed by atoms with Gasteiger partial charge >= 0.3 is 0 Å². The molecule has 0 spiro atoms. The van der Waals surface area contributed by atoms with Crippen LogP contribution in [0.2, 0.25) is 18.1 Å². The number of aromatic nitrogens is 1. The molecule has 1 heterocycles. The second-order valence-electron chi connectivity index (χ2n) is 11.9. The molecule has 4 heteroatoms. The number of rotatable bonds is 5. The third-order valence-electron chi connectivity index (χ3n) is 8.33. The summed E-state index contributed by atoms with van der Waals surface area (Å²) in [6.07, 6.45) is 5.30. The molecule has 0 radical (unpaired) electrons. The first-order valence-electron chi connectivity index (χ1n) is 11.5. The van der Waals surface area contributed by atoms with Crippen LogP contribution in [0.1, 0.15) is 59.9 Å². The molecule has 0 N–H and O–H groups in total. The fourth-order valence-electron chi connectivity index (χ4n) is 4.90. The predicted octanol–water partition coefficient (Wildman–Crippen LogP) is 7.02. The van der Waals surface area contributed by atoms with E-state index in [0.29, 0.717) is 12.2 Å². The summed E-state index contributed by atoms with van der Waals surface area (Å²) >= 11 is 0. The molecule has 1 aliphatic rings. The summed E-state index contributed by atoms with van der Waals surface area (Å²) in [5, 5.41) is 1.36. The molecular weight excluding hydrogens is 398 g/mol. The van der Waals surface area contributed by atoms with Gasteiger partial charge in [0, 0.05) is 47.3 Å². The van der Waals surface area contributed by atoms with Gasteiger partial charge in [0.05, 0.1) is 6.10 Å². The number of benzene rings is 1. The van der Waals surface area contributed by atoms with Gasteiger partial charge in [-0.3, -0.25) is 4.79 Å². The second-order valence-corrected chi connectivity index (χ2v) is 16.7. The van der Waals surface area contributed by atoms with Gasteiger partial charge in [0.15, 0.2) is 8.32 Å². The zero-order valence-electron chi connectivity index (χ0n) is 21.0. The Morgan fingerprint density at radius 1 is 1.19 bits per heavy atom. The van der Waals surface area contributed by atoms with Crippen LogP contribution in [0.4, 0.5) is 0 Å². The smallest absolute Gasteiger partial charge is 0.192 e. The summed E-state index contributed by atoms with van der Waals surface area (Å²) in [6.45, 7) is 22.1. The van der Waals surface area contributed by atoms with Gasteiger partial charge in [-0.25, -0.2) is 0 Å². The largest absolute Gasteiger partial charge is 0.413 e. The van der Waals surface area contributed by atoms with Crippen LogP contribution in [0, 0.1) is 11.3 Å². The first kappa shape index (κ1) is 24.0.